The van der Waals surface area contributed by atoms with E-state index in [4.69, 9.17) is 31.9 Å². The minimum atomic E-state index is -0.198. The van der Waals surface area contributed by atoms with E-state index in [0.29, 0.717) is 58.2 Å². The SMILES string of the molecule is CC#CC(=O)N1CCC(n2nc(C#Cc3cc(OC)cc(OC)c3)c3c(N)ncc(Cl)c32)C1. The molecule has 0 bridgehead atoms. The number of amides is 1. The molecule has 2 aromatic heterocycles. The molecular formula is C24H22ClN5O3. The Bertz CT molecular complexity index is 1340. The number of pyridine rings is 1. The molecule has 1 aromatic carbocycles. The summed E-state index contributed by atoms with van der Waals surface area (Å²) in [6.45, 7) is 2.70. The highest BCUT2D eigenvalue weighted by atomic mass is 35.5. The number of benzene rings is 1. The molecule has 1 fully saturated rings. The van der Waals surface area contributed by atoms with E-state index in [1.165, 1.54) is 6.20 Å². The molecule has 0 saturated carbocycles. The second-order valence-electron chi connectivity index (χ2n) is 7.43. The molecule has 0 spiro atoms. The number of ether oxygens (including phenoxy) is 2. The third kappa shape index (κ3) is 4.39. The van der Waals surface area contributed by atoms with Gasteiger partial charge in [0.2, 0.25) is 0 Å². The van der Waals surface area contributed by atoms with E-state index >= 15 is 0 Å². The molecule has 1 unspecified atom stereocenters. The fraction of sp³-hybridized carbons (Fsp3) is 0.292. The number of carbonyl (C=O) groups is 1. The summed E-state index contributed by atoms with van der Waals surface area (Å²) in [5, 5.41) is 5.74. The van der Waals surface area contributed by atoms with Gasteiger partial charge >= 0.3 is 0 Å². The molecule has 1 aliphatic rings. The molecule has 4 rings (SSSR count). The summed E-state index contributed by atoms with van der Waals surface area (Å²) in [5.74, 6) is 12.8. The summed E-state index contributed by atoms with van der Waals surface area (Å²) in [5.41, 5.74) is 8.00. The van der Waals surface area contributed by atoms with Gasteiger partial charge in [0.15, 0.2) is 0 Å². The van der Waals surface area contributed by atoms with Crippen molar-refractivity contribution in [2.75, 3.05) is 33.0 Å². The Hall–Kier alpha value is -3.88. The summed E-state index contributed by atoms with van der Waals surface area (Å²) in [4.78, 5) is 18.1. The normalized spacial score (nSPS) is 14.9. The second-order valence-corrected chi connectivity index (χ2v) is 7.84. The third-order valence-electron chi connectivity index (χ3n) is 5.41. The average Bonchev–Trinajstić information content (AvgIpc) is 3.46. The van der Waals surface area contributed by atoms with E-state index < -0.39 is 0 Å². The number of nitrogens with zero attached hydrogens (tertiary/aromatic N) is 4. The summed E-state index contributed by atoms with van der Waals surface area (Å²) in [6.07, 6.45) is 2.22. The van der Waals surface area contributed by atoms with Crippen LogP contribution in [-0.2, 0) is 4.79 Å². The number of hydrogen-bond donors (Lipinski definition) is 1. The zero-order valence-electron chi connectivity index (χ0n) is 18.5. The van der Waals surface area contributed by atoms with Gasteiger partial charge in [-0.3, -0.25) is 9.48 Å². The van der Waals surface area contributed by atoms with Crippen LogP contribution >= 0.6 is 11.6 Å². The van der Waals surface area contributed by atoms with E-state index in [1.807, 2.05) is 0 Å². The smallest absolute Gasteiger partial charge is 0.298 e. The van der Waals surface area contributed by atoms with E-state index in [1.54, 1.807) is 48.9 Å². The molecule has 33 heavy (non-hydrogen) atoms. The van der Waals surface area contributed by atoms with Gasteiger partial charge < -0.3 is 20.1 Å². The molecule has 3 heterocycles. The Morgan fingerprint density at radius 2 is 1.94 bits per heavy atom. The van der Waals surface area contributed by atoms with Crippen LogP contribution in [0.2, 0.25) is 5.02 Å². The van der Waals surface area contributed by atoms with Crippen molar-refractivity contribution in [3.05, 3.63) is 40.7 Å². The van der Waals surface area contributed by atoms with Gasteiger partial charge in [0.1, 0.15) is 23.0 Å². The average molecular weight is 464 g/mol. The highest BCUT2D eigenvalue weighted by Gasteiger charge is 2.30. The topological polar surface area (TPSA) is 95.5 Å². The number of likely N-dealkylation sites (tertiary alicyclic amines) is 1. The van der Waals surface area contributed by atoms with Crippen LogP contribution in [0.5, 0.6) is 11.5 Å². The number of nitrogens with two attached hydrogens (primary N) is 1. The van der Waals surface area contributed by atoms with E-state index in [9.17, 15) is 4.79 Å². The maximum Gasteiger partial charge on any atom is 0.298 e. The number of nitrogen functional groups attached to an aromatic ring is 1. The highest BCUT2D eigenvalue weighted by Crippen LogP contribution is 2.34. The minimum absolute atomic E-state index is 0.0816. The lowest BCUT2D eigenvalue weighted by Crippen LogP contribution is -2.27. The van der Waals surface area contributed by atoms with Gasteiger partial charge in [-0.1, -0.05) is 23.4 Å². The molecule has 2 N–H and O–H groups in total. The number of methoxy groups -OCH3 is 2. The molecule has 1 amide bonds. The maximum absolute atomic E-state index is 12.2. The van der Waals surface area contributed by atoms with Gasteiger partial charge in [-0.25, -0.2) is 4.98 Å². The monoisotopic (exact) mass is 463 g/mol. The fourth-order valence-corrected chi connectivity index (χ4v) is 4.06. The van der Waals surface area contributed by atoms with Crippen LogP contribution in [0.1, 0.15) is 30.6 Å². The van der Waals surface area contributed by atoms with Crippen molar-refractivity contribution in [1.29, 1.82) is 0 Å². The number of fused-ring (bicyclic) bond motifs is 1. The second kappa shape index (κ2) is 9.32. The van der Waals surface area contributed by atoms with E-state index in [-0.39, 0.29) is 17.8 Å². The standard InChI is InChI=1S/C24H22ClN5O3/c1-4-5-21(31)29-9-8-16(14-29)30-23-19(25)13-27-24(26)22(23)20(28-30)7-6-15-10-17(32-2)12-18(11-15)33-3/h10-13,16H,8-9,14H2,1-3H3,(H2,26,27). The first kappa shape index (κ1) is 22.3. The Kier molecular flexibility index (Phi) is 6.30. The summed E-state index contributed by atoms with van der Waals surface area (Å²) in [7, 11) is 3.16. The summed E-state index contributed by atoms with van der Waals surface area (Å²) in [6, 6.07) is 5.30. The van der Waals surface area contributed by atoms with Crippen molar-refractivity contribution in [3.8, 4) is 35.2 Å². The van der Waals surface area contributed by atoms with E-state index in [2.05, 4.69) is 28.7 Å². The molecular weight excluding hydrogens is 442 g/mol. The molecule has 3 aromatic rings. The first-order chi connectivity index (χ1) is 15.9. The van der Waals surface area contributed by atoms with Gasteiger partial charge in [-0.15, -0.1) is 0 Å². The Balaban J connectivity index is 1.78. The number of hydrogen-bond acceptors (Lipinski definition) is 6. The number of anilines is 1. The van der Waals surface area contributed by atoms with Crippen LogP contribution in [0.15, 0.2) is 24.4 Å². The molecule has 8 nitrogen and oxygen atoms in total. The Morgan fingerprint density at radius 3 is 2.61 bits per heavy atom. The fourth-order valence-electron chi connectivity index (χ4n) is 3.83. The van der Waals surface area contributed by atoms with Crippen molar-refractivity contribution >= 4 is 34.2 Å². The van der Waals surface area contributed by atoms with Crippen molar-refractivity contribution < 1.29 is 14.3 Å². The lowest BCUT2D eigenvalue weighted by molar-refractivity contribution is -0.124. The number of aromatic nitrogens is 3. The molecule has 0 radical (unpaired) electrons. The van der Waals surface area contributed by atoms with Crippen molar-refractivity contribution in [2.24, 2.45) is 0 Å². The number of halogens is 1. The number of carbonyl (C=O) groups excluding carboxylic acids is 1. The maximum atomic E-state index is 12.2. The minimum Gasteiger partial charge on any atom is -0.497 e. The Labute approximate surface area is 196 Å². The van der Waals surface area contributed by atoms with E-state index in [0.717, 1.165) is 0 Å². The molecule has 9 heteroatoms. The molecule has 1 saturated heterocycles. The van der Waals surface area contributed by atoms with Crippen molar-refractivity contribution in [3.63, 3.8) is 0 Å². The first-order valence-corrected chi connectivity index (χ1v) is 10.6. The number of rotatable bonds is 3. The zero-order valence-corrected chi connectivity index (χ0v) is 19.2. The van der Waals surface area contributed by atoms with Crippen LogP contribution in [-0.4, -0.2) is 52.9 Å². The first-order valence-electron chi connectivity index (χ1n) is 10.2. The summed E-state index contributed by atoms with van der Waals surface area (Å²) >= 11 is 6.51. The summed E-state index contributed by atoms with van der Waals surface area (Å²) < 4.78 is 12.4. The Morgan fingerprint density at radius 1 is 1.21 bits per heavy atom. The van der Waals surface area contributed by atoms with Crippen LogP contribution in [0.3, 0.4) is 0 Å². The predicted molar refractivity (Wildman–Crippen MR) is 126 cm³/mol. The van der Waals surface area contributed by atoms with Gasteiger partial charge in [0, 0.05) is 24.7 Å². The lowest BCUT2D eigenvalue weighted by Gasteiger charge is -2.14. The van der Waals surface area contributed by atoms with Crippen LogP contribution < -0.4 is 15.2 Å². The van der Waals surface area contributed by atoms with Gasteiger partial charge in [-0.05, 0) is 37.3 Å². The predicted octanol–water partition coefficient (Wildman–Crippen LogP) is 2.88. The van der Waals surface area contributed by atoms with Gasteiger partial charge in [-0.2, -0.15) is 5.10 Å². The largest absolute Gasteiger partial charge is 0.497 e. The van der Waals surface area contributed by atoms with Crippen LogP contribution in [0.4, 0.5) is 5.82 Å². The molecule has 1 atom stereocenters. The third-order valence-corrected chi connectivity index (χ3v) is 5.69. The van der Waals surface area contributed by atoms with Crippen molar-refractivity contribution in [2.45, 2.75) is 19.4 Å². The van der Waals surface area contributed by atoms with Crippen LogP contribution in [0, 0.1) is 23.7 Å². The van der Waals surface area contributed by atoms with Gasteiger partial charge in [0.25, 0.3) is 5.91 Å². The van der Waals surface area contributed by atoms with Crippen LogP contribution in [0.25, 0.3) is 10.9 Å². The molecule has 1 aliphatic heterocycles. The van der Waals surface area contributed by atoms with Crippen molar-refractivity contribution in [1.82, 2.24) is 19.7 Å². The molecule has 0 aliphatic carbocycles. The zero-order chi connectivity index (χ0) is 23.5. The molecule has 168 valence electrons. The highest BCUT2D eigenvalue weighted by molar-refractivity contribution is 6.35. The quantitative estimate of drug-likeness (QED) is 0.600. The van der Waals surface area contributed by atoms with Gasteiger partial charge in [0.05, 0.1) is 42.4 Å². The lowest BCUT2D eigenvalue weighted by atomic mass is 10.1.